The summed E-state index contributed by atoms with van der Waals surface area (Å²) in [6, 6.07) is -0.824. The molecule has 0 saturated heterocycles. The van der Waals surface area contributed by atoms with Gasteiger partial charge in [0.05, 0.1) is 6.34 Å². The fourth-order valence-corrected chi connectivity index (χ4v) is 0.596. The van der Waals surface area contributed by atoms with Gasteiger partial charge < -0.3 is 16.2 Å². The SMILES string of the molecule is [2H]/N=C\NCCCC(N[2H])C(=O)O. The number of hydrogen-bond donors (Lipinski definition) is 4. The first-order valence-corrected chi connectivity index (χ1v) is 3.31. The molecule has 0 amide bonds. The van der Waals surface area contributed by atoms with Crippen LogP contribution in [-0.4, -0.2) is 30.0 Å². The Bertz CT molecular complexity index is 177. The highest BCUT2D eigenvalue weighted by atomic mass is 16.4. The fraction of sp³-hybridized carbons (Fsp3) is 0.667. The summed E-state index contributed by atoms with van der Waals surface area (Å²) in [5, 5.41) is 14.2. The van der Waals surface area contributed by atoms with E-state index >= 15 is 0 Å². The number of hydrogen-bond acceptors (Lipinski definition) is 3. The Balaban J connectivity index is 3.44. The van der Waals surface area contributed by atoms with Gasteiger partial charge in [-0.1, -0.05) is 0 Å². The summed E-state index contributed by atoms with van der Waals surface area (Å²) in [5.41, 5.74) is 1.94. The van der Waals surface area contributed by atoms with Gasteiger partial charge in [0.2, 0.25) is 0 Å². The molecule has 0 aliphatic carbocycles. The van der Waals surface area contributed by atoms with Crippen LogP contribution in [-0.2, 0) is 4.79 Å². The molecule has 0 aromatic heterocycles. The van der Waals surface area contributed by atoms with Gasteiger partial charge in [-0.05, 0) is 12.8 Å². The molecule has 0 aliphatic rings. The monoisotopic (exact) mass is 161 g/mol. The minimum Gasteiger partial charge on any atom is -0.480 e. The molecule has 5 N–H and O–H groups in total. The van der Waals surface area contributed by atoms with Gasteiger partial charge in [-0.2, -0.15) is 0 Å². The fourth-order valence-electron chi connectivity index (χ4n) is 0.596. The standard InChI is InChI=1S/C6H13N3O2/c7-4-9-3-1-2-5(8)6(10)11/h4-5H,1-3,8H2,(H2,7,9)(H,10,11)/i/hD2. The molecule has 1 unspecified atom stereocenters. The average Bonchev–Trinajstić information content (AvgIpc) is 2.10. The first-order valence-electron chi connectivity index (χ1n) is 4.26. The molecule has 0 aliphatic heterocycles. The third-order valence-corrected chi connectivity index (χ3v) is 1.20. The van der Waals surface area contributed by atoms with Crippen molar-refractivity contribution < 1.29 is 12.7 Å². The number of aliphatic carboxylic acids is 1. The first kappa shape index (κ1) is 6.60. The summed E-state index contributed by atoms with van der Waals surface area (Å²) in [7, 11) is 0. The smallest absolute Gasteiger partial charge is 0.320 e. The van der Waals surface area contributed by atoms with Crippen LogP contribution in [0, 0.1) is 5.40 Å². The Morgan fingerprint density at radius 3 is 3.45 bits per heavy atom. The summed E-state index contributed by atoms with van der Waals surface area (Å²) in [6.45, 7) is 0.549. The summed E-state index contributed by atoms with van der Waals surface area (Å²) >= 11 is 0. The molecule has 0 aromatic carbocycles. The highest BCUT2D eigenvalue weighted by Gasteiger charge is 2.09. The van der Waals surface area contributed by atoms with Gasteiger partial charge in [0.25, 0.3) is 0 Å². The molecule has 5 heteroatoms. The molecule has 0 heterocycles. The third-order valence-electron chi connectivity index (χ3n) is 1.20. The van der Waals surface area contributed by atoms with E-state index in [0.717, 1.165) is 0 Å². The van der Waals surface area contributed by atoms with E-state index in [2.05, 4.69) is 10.7 Å². The van der Waals surface area contributed by atoms with Crippen LogP contribution in [0.15, 0.2) is 0 Å². The molecular weight excluding hydrogens is 146 g/mol. The lowest BCUT2D eigenvalue weighted by Gasteiger charge is -2.04. The minimum atomic E-state index is -1.02. The summed E-state index contributed by atoms with van der Waals surface area (Å²) < 4.78 is 13.1. The molecule has 0 rings (SSSR count). The van der Waals surface area contributed by atoms with Gasteiger partial charge in [-0.3, -0.25) is 10.2 Å². The van der Waals surface area contributed by atoms with Crippen molar-refractivity contribution in [2.75, 3.05) is 6.54 Å². The Morgan fingerprint density at radius 2 is 2.91 bits per heavy atom. The highest BCUT2D eigenvalue weighted by Crippen LogP contribution is 1.92. The zero-order chi connectivity index (χ0) is 10.1. The maximum atomic E-state index is 10.4. The molecule has 0 saturated carbocycles. The van der Waals surface area contributed by atoms with Crippen LogP contribution in [0.25, 0.3) is 0 Å². The molecule has 0 bridgehead atoms. The molecule has 0 fully saturated rings. The van der Waals surface area contributed by atoms with Crippen LogP contribution >= 0.6 is 0 Å². The molecule has 0 radical (unpaired) electrons. The lowest BCUT2D eigenvalue weighted by molar-refractivity contribution is -0.138. The lowest BCUT2D eigenvalue weighted by atomic mass is 10.2. The molecule has 64 valence electrons. The van der Waals surface area contributed by atoms with Gasteiger partial charge >= 0.3 is 5.97 Å². The van der Waals surface area contributed by atoms with Crippen molar-refractivity contribution in [3.05, 3.63) is 0 Å². The number of carbonyl (C=O) groups is 1. The van der Waals surface area contributed by atoms with Gasteiger partial charge in [0, 0.05) is 6.54 Å². The van der Waals surface area contributed by atoms with Crippen molar-refractivity contribution in [1.82, 2.24) is 5.32 Å². The highest BCUT2D eigenvalue weighted by molar-refractivity contribution is 5.72. The number of rotatable bonds is 7. The molecule has 0 aromatic rings. The number of carboxylic acid groups (broad SMARTS) is 1. The molecule has 0 spiro atoms. The largest absolute Gasteiger partial charge is 0.480 e. The van der Waals surface area contributed by atoms with Crippen molar-refractivity contribution in [1.29, 1.82) is 5.40 Å². The van der Waals surface area contributed by atoms with Crippen LogP contribution in [0.5, 0.6) is 0 Å². The van der Waals surface area contributed by atoms with Gasteiger partial charge in [-0.15, -0.1) is 0 Å². The molecule has 5 nitrogen and oxygen atoms in total. The quantitative estimate of drug-likeness (QED) is 0.227. The topological polar surface area (TPSA) is 99.2 Å². The van der Waals surface area contributed by atoms with Gasteiger partial charge in [0.15, 0.2) is 1.41 Å². The Labute approximate surface area is 68.0 Å². The van der Waals surface area contributed by atoms with Crippen LogP contribution in [0.1, 0.15) is 12.8 Å². The third kappa shape index (κ3) is 5.35. The van der Waals surface area contributed by atoms with Crippen LogP contribution in [0.3, 0.4) is 0 Å². The summed E-state index contributed by atoms with van der Waals surface area (Å²) in [6.07, 6.45) is 2.20. The van der Waals surface area contributed by atoms with Crippen LogP contribution < -0.4 is 11.0 Å². The molecular formula is C6H13N3O2. The second-order valence-corrected chi connectivity index (χ2v) is 2.12. The zero-order valence-corrected chi connectivity index (χ0v) is 6.08. The van der Waals surface area contributed by atoms with Gasteiger partial charge in [0.1, 0.15) is 7.45 Å². The first-order chi connectivity index (χ1) is 6.22. The van der Waals surface area contributed by atoms with E-state index in [4.69, 9.17) is 7.93 Å². The maximum absolute atomic E-state index is 10.4. The molecule has 11 heavy (non-hydrogen) atoms. The van der Waals surface area contributed by atoms with E-state index in [1.807, 2.05) is 5.73 Å². The van der Waals surface area contributed by atoms with Crippen molar-refractivity contribution in [3.63, 3.8) is 0 Å². The van der Waals surface area contributed by atoms with E-state index in [1.54, 1.807) is 0 Å². The van der Waals surface area contributed by atoms with E-state index < -0.39 is 12.0 Å². The van der Waals surface area contributed by atoms with Gasteiger partial charge in [-0.25, -0.2) is 0 Å². The lowest BCUT2D eigenvalue weighted by Crippen LogP contribution is -2.30. The maximum Gasteiger partial charge on any atom is 0.320 e. The van der Waals surface area contributed by atoms with Crippen LogP contribution in [0.2, 0.25) is 2.82 Å². The summed E-state index contributed by atoms with van der Waals surface area (Å²) in [5.74, 6) is -1.02. The van der Waals surface area contributed by atoms with Crippen molar-refractivity contribution in [2.24, 2.45) is 5.73 Å². The number of nitrogens with one attached hydrogen (secondary N) is 2. The summed E-state index contributed by atoms with van der Waals surface area (Å²) in [4.78, 5) is 10.4. The van der Waals surface area contributed by atoms with E-state index in [9.17, 15) is 4.79 Å². The Kier molecular flexibility index (Phi) is 3.40. The second-order valence-electron chi connectivity index (χ2n) is 2.12. The van der Waals surface area contributed by atoms with Crippen molar-refractivity contribution in [3.8, 4) is 0 Å². The van der Waals surface area contributed by atoms with E-state index in [-0.39, 0.29) is 0 Å². The van der Waals surface area contributed by atoms with Crippen LogP contribution in [0.4, 0.5) is 0 Å². The Morgan fingerprint density at radius 1 is 2.09 bits per heavy atom. The van der Waals surface area contributed by atoms with E-state index in [1.165, 1.54) is 6.34 Å². The number of nitrogens with two attached hydrogens (primary N) is 1. The zero-order valence-electron chi connectivity index (χ0n) is 8.08. The Hall–Kier alpha value is -1.10. The average molecular weight is 161 g/mol. The second kappa shape index (κ2) is 5.67. The number of carboxylic acids is 1. The minimum absolute atomic E-state index is 0.373. The van der Waals surface area contributed by atoms with Crippen molar-refractivity contribution in [2.45, 2.75) is 18.9 Å². The van der Waals surface area contributed by atoms with Crippen molar-refractivity contribution >= 4 is 12.3 Å². The predicted octanol–water partition coefficient (Wildman–Crippen LogP) is -0.625. The predicted molar refractivity (Wildman–Crippen MR) is 41.6 cm³/mol. The normalized spacial score (nSPS) is 15.6. The van der Waals surface area contributed by atoms with E-state index in [0.29, 0.717) is 19.4 Å². The molecule has 1 atom stereocenters.